The summed E-state index contributed by atoms with van der Waals surface area (Å²) in [5.41, 5.74) is 0. The van der Waals surface area contributed by atoms with Crippen LogP contribution in [0.3, 0.4) is 0 Å². The molecule has 0 radical (unpaired) electrons. The fourth-order valence-corrected chi connectivity index (χ4v) is 3.02. The maximum Gasteiger partial charge on any atom is 0.242 e. The van der Waals surface area contributed by atoms with Crippen molar-refractivity contribution in [1.82, 2.24) is 10.2 Å². The van der Waals surface area contributed by atoms with Crippen LogP contribution in [0.1, 0.15) is 11.8 Å². The molecule has 0 aliphatic carbocycles. The molecule has 2 heterocycles. The highest BCUT2D eigenvalue weighted by molar-refractivity contribution is 7.16. The first-order valence-electron chi connectivity index (χ1n) is 6.05. The fourth-order valence-electron chi connectivity index (χ4n) is 1.91. The molecule has 0 bridgehead atoms. The van der Waals surface area contributed by atoms with Crippen LogP contribution in [0.5, 0.6) is 0 Å². The number of nitrogens with zero attached hydrogens (tertiary/aromatic N) is 1. The van der Waals surface area contributed by atoms with Gasteiger partial charge in [0.2, 0.25) is 5.91 Å². The molecule has 0 aromatic carbocycles. The van der Waals surface area contributed by atoms with Gasteiger partial charge < -0.3 is 15.0 Å². The van der Waals surface area contributed by atoms with Gasteiger partial charge in [0.05, 0.1) is 24.1 Å². The van der Waals surface area contributed by atoms with E-state index in [0.717, 1.165) is 15.8 Å². The molecule has 1 amide bonds. The molecule has 1 fully saturated rings. The Bertz CT molecular complexity index is 405. The third-order valence-electron chi connectivity index (χ3n) is 2.89. The largest absolute Gasteiger partial charge is 0.378 e. The third kappa shape index (κ3) is 3.45. The molecule has 6 heteroatoms. The van der Waals surface area contributed by atoms with Crippen LogP contribution in [0.25, 0.3) is 0 Å². The SMILES string of the molecule is CCN(Cc1ccc(Cl)s1)C(=O)C1COCCN1. The highest BCUT2D eigenvalue weighted by Crippen LogP contribution is 2.22. The van der Waals surface area contributed by atoms with Gasteiger partial charge in [-0.1, -0.05) is 11.6 Å². The van der Waals surface area contributed by atoms with Gasteiger partial charge in [-0.05, 0) is 19.1 Å². The minimum absolute atomic E-state index is 0.0988. The van der Waals surface area contributed by atoms with Crippen LogP contribution in [0.4, 0.5) is 0 Å². The number of nitrogens with one attached hydrogen (secondary N) is 1. The molecule has 1 atom stereocenters. The molecule has 1 aliphatic heterocycles. The highest BCUT2D eigenvalue weighted by Gasteiger charge is 2.25. The van der Waals surface area contributed by atoms with Crippen LogP contribution in [-0.4, -0.2) is 43.2 Å². The summed E-state index contributed by atoms with van der Waals surface area (Å²) in [5, 5.41) is 3.19. The van der Waals surface area contributed by atoms with Crippen molar-refractivity contribution in [3.8, 4) is 0 Å². The van der Waals surface area contributed by atoms with E-state index < -0.39 is 0 Å². The average molecular weight is 289 g/mol. The zero-order chi connectivity index (χ0) is 13.0. The lowest BCUT2D eigenvalue weighted by Crippen LogP contribution is -2.52. The van der Waals surface area contributed by atoms with Crippen LogP contribution >= 0.6 is 22.9 Å². The summed E-state index contributed by atoms with van der Waals surface area (Å²) in [5.74, 6) is 0.0988. The quantitative estimate of drug-likeness (QED) is 0.918. The van der Waals surface area contributed by atoms with Crippen molar-refractivity contribution >= 4 is 28.8 Å². The van der Waals surface area contributed by atoms with Crippen molar-refractivity contribution in [3.05, 3.63) is 21.3 Å². The van der Waals surface area contributed by atoms with Gasteiger partial charge in [0.1, 0.15) is 6.04 Å². The van der Waals surface area contributed by atoms with Gasteiger partial charge in [0.15, 0.2) is 0 Å². The zero-order valence-corrected chi connectivity index (χ0v) is 11.9. The van der Waals surface area contributed by atoms with Gasteiger partial charge >= 0.3 is 0 Å². The van der Waals surface area contributed by atoms with Gasteiger partial charge in [-0.3, -0.25) is 4.79 Å². The van der Waals surface area contributed by atoms with Crippen LogP contribution < -0.4 is 5.32 Å². The number of hydrogen-bond donors (Lipinski definition) is 1. The number of carbonyl (C=O) groups is 1. The molecule has 100 valence electrons. The summed E-state index contributed by atoms with van der Waals surface area (Å²) in [6, 6.07) is 3.62. The second kappa shape index (κ2) is 6.52. The Labute approximate surface area is 116 Å². The minimum Gasteiger partial charge on any atom is -0.378 e. The Morgan fingerprint density at radius 1 is 1.67 bits per heavy atom. The molecular weight excluding hydrogens is 272 g/mol. The van der Waals surface area contributed by atoms with E-state index in [0.29, 0.717) is 26.3 Å². The number of thiophene rings is 1. The number of ether oxygens (including phenoxy) is 1. The normalized spacial score (nSPS) is 19.8. The minimum atomic E-state index is -0.214. The topological polar surface area (TPSA) is 41.6 Å². The van der Waals surface area contributed by atoms with E-state index in [4.69, 9.17) is 16.3 Å². The fraction of sp³-hybridized carbons (Fsp3) is 0.583. The molecule has 0 saturated carbocycles. The summed E-state index contributed by atoms with van der Waals surface area (Å²) >= 11 is 7.41. The van der Waals surface area contributed by atoms with E-state index in [-0.39, 0.29) is 11.9 Å². The molecule has 1 saturated heterocycles. The maximum atomic E-state index is 12.3. The molecule has 4 nitrogen and oxygen atoms in total. The van der Waals surface area contributed by atoms with Crippen LogP contribution in [0.2, 0.25) is 4.34 Å². The zero-order valence-electron chi connectivity index (χ0n) is 10.3. The number of hydrogen-bond acceptors (Lipinski definition) is 4. The second-order valence-electron chi connectivity index (χ2n) is 4.14. The van der Waals surface area contributed by atoms with E-state index in [1.165, 1.54) is 11.3 Å². The Hall–Kier alpha value is -0.620. The molecule has 1 unspecified atom stereocenters. The van der Waals surface area contributed by atoms with E-state index in [1.807, 2.05) is 24.0 Å². The van der Waals surface area contributed by atoms with Crippen LogP contribution in [0, 0.1) is 0 Å². The van der Waals surface area contributed by atoms with Crippen LogP contribution in [-0.2, 0) is 16.1 Å². The number of likely N-dealkylation sites (N-methyl/N-ethyl adjacent to an activating group) is 1. The van der Waals surface area contributed by atoms with Gasteiger partial charge in [-0.2, -0.15) is 0 Å². The lowest BCUT2D eigenvalue weighted by Gasteiger charge is -2.29. The van der Waals surface area contributed by atoms with Crippen LogP contribution in [0.15, 0.2) is 12.1 Å². The first kappa shape index (κ1) is 13.8. The second-order valence-corrected chi connectivity index (χ2v) is 5.94. The first-order chi connectivity index (χ1) is 8.70. The van der Waals surface area contributed by atoms with E-state index in [9.17, 15) is 4.79 Å². The molecule has 1 aromatic heterocycles. The summed E-state index contributed by atoms with van der Waals surface area (Å²) in [4.78, 5) is 15.2. The van der Waals surface area contributed by atoms with Gasteiger partial charge in [0.25, 0.3) is 0 Å². The molecule has 0 spiro atoms. The Kier molecular flexibility index (Phi) is 5.00. The highest BCUT2D eigenvalue weighted by atomic mass is 35.5. The Morgan fingerprint density at radius 3 is 3.06 bits per heavy atom. The van der Waals surface area contributed by atoms with Crippen molar-refractivity contribution in [2.75, 3.05) is 26.3 Å². The molecule has 2 rings (SSSR count). The van der Waals surface area contributed by atoms with E-state index in [1.54, 1.807) is 0 Å². The van der Waals surface area contributed by atoms with Gasteiger partial charge in [-0.15, -0.1) is 11.3 Å². The number of carbonyl (C=O) groups excluding carboxylic acids is 1. The summed E-state index contributed by atoms with van der Waals surface area (Å²) in [6.45, 7) is 5.16. The van der Waals surface area contributed by atoms with E-state index in [2.05, 4.69) is 5.32 Å². The summed E-state index contributed by atoms with van der Waals surface area (Å²) in [7, 11) is 0. The van der Waals surface area contributed by atoms with Crippen molar-refractivity contribution < 1.29 is 9.53 Å². The predicted molar refractivity (Wildman–Crippen MR) is 73.0 cm³/mol. The molecule has 18 heavy (non-hydrogen) atoms. The molecule has 1 aliphatic rings. The first-order valence-corrected chi connectivity index (χ1v) is 7.24. The average Bonchev–Trinajstić information content (AvgIpc) is 2.82. The predicted octanol–water partition coefficient (Wildman–Crippen LogP) is 1.74. The Balaban J connectivity index is 1.96. The lowest BCUT2D eigenvalue weighted by atomic mass is 10.2. The standard InChI is InChI=1S/C12H17ClN2O2S/c1-2-15(7-9-3-4-11(13)18-9)12(16)10-8-17-6-5-14-10/h3-4,10,14H,2,5-8H2,1H3. The summed E-state index contributed by atoms with van der Waals surface area (Å²) in [6.07, 6.45) is 0. The smallest absolute Gasteiger partial charge is 0.242 e. The monoisotopic (exact) mass is 288 g/mol. The molecule has 1 N–H and O–H groups in total. The maximum absolute atomic E-state index is 12.3. The Morgan fingerprint density at radius 2 is 2.50 bits per heavy atom. The van der Waals surface area contributed by atoms with Gasteiger partial charge in [-0.25, -0.2) is 0 Å². The number of morpholine rings is 1. The number of halogens is 1. The van der Waals surface area contributed by atoms with Crippen molar-refractivity contribution in [2.45, 2.75) is 19.5 Å². The third-order valence-corrected chi connectivity index (χ3v) is 4.10. The number of amides is 1. The summed E-state index contributed by atoms with van der Waals surface area (Å²) < 4.78 is 6.08. The van der Waals surface area contributed by atoms with Crippen molar-refractivity contribution in [1.29, 1.82) is 0 Å². The number of rotatable bonds is 4. The lowest BCUT2D eigenvalue weighted by molar-refractivity contribution is -0.136. The molecular formula is C12H17ClN2O2S. The molecule has 1 aromatic rings. The van der Waals surface area contributed by atoms with Gasteiger partial charge in [0, 0.05) is 18.0 Å². The van der Waals surface area contributed by atoms with Crippen molar-refractivity contribution in [3.63, 3.8) is 0 Å². The van der Waals surface area contributed by atoms with E-state index >= 15 is 0 Å². The van der Waals surface area contributed by atoms with Crippen molar-refractivity contribution in [2.24, 2.45) is 0 Å².